The first-order valence-corrected chi connectivity index (χ1v) is 5.05. The molecule has 0 atom stereocenters. The van der Waals surface area contributed by atoms with Crippen LogP contribution in [0, 0.1) is 5.82 Å². The third-order valence-corrected chi connectivity index (χ3v) is 2.70. The van der Waals surface area contributed by atoms with Crippen LogP contribution in [0.4, 0.5) is 4.39 Å². The third kappa shape index (κ3) is 2.69. The molecule has 2 N–H and O–H groups in total. The second-order valence-corrected chi connectivity index (χ2v) is 4.27. The van der Waals surface area contributed by atoms with Gasteiger partial charge in [0.25, 0.3) is 0 Å². The molecular weight excluding hydrogens is 193 g/mol. The fraction of sp³-hybridized carbons (Fsp3) is 0.500. The number of benzene rings is 1. The summed E-state index contributed by atoms with van der Waals surface area (Å²) in [6, 6.07) is 4.96. The SMILES string of the molecule is COc1cc(C(C)(C)CCN)ccc1F. The first-order chi connectivity index (χ1) is 7.01. The molecule has 0 saturated heterocycles. The highest BCUT2D eigenvalue weighted by molar-refractivity contribution is 5.34. The van der Waals surface area contributed by atoms with E-state index in [4.69, 9.17) is 10.5 Å². The molecule has 0 aliphatic carbocycles. The maximum Gasteiger partial charge on any atom is 0.165 e. The maximum absolute atomic E-state index is 13.2. The van der Waals surface area contributed by atoms with E-state index in [0.29, 0.717) is 6.54 Å². The topological polar surface area (TPSA) is 35.2 Å². The predicted octanol–water partition coefficient (Wildman–Crippen LogP) is 2.46. The highest BCUT2D eigenvalue weighted by Gasteiger charge is 2.20. The minimum Gasteiger partial charge on any atom is -0.494 e. The molecule has 0 saturated carbocycles. The van der Waals surface area contributed by atoms with E-state index in [0.717, 1.165) is 12.0 Å². The van der Waals surface area contributed by atoms with Crippen LogP contribution in [0.5, 0.6) is 5.75 Å². The Morgan fingerprint density at radius 1 is 1.40 bits per heavy atom. The van der Waals surface area contributed by atoms with Crippen molar-refractivity contribution in [2.24, 2.45) is 5.73 Å². The number of methoxy groups -OCH3 is 1. The average Bonchev–Trinajstić information content (AvgIpc) is 2.18. The van der Waals surface area contributed by atoms with E-state index >= 15 is 0 Å². The van der Waals surface area contributed by atoms with Gasteiger partial charge in [0.05, 0.1) is 7.11 Å². The van der Waals surface area contributed by atoms with Crippen LogP contribution < -0.4 is 10.5 Å². The van der Waals surface area contributed by atoms with E-state index in [9.17, 15) is 4.39 Å². The average molecular weight is 211 g/mol. The normalized spacial score (nSPS) is 11.5. The lowest BCUT2D eigenvalue weighted by atomic mass is 9.81. The van der Waals surface area contributed by atoms with Gasteiger partial charge in [-0.2, -0.15) is 0 Å². The molecule has 0 aromatic heterocycles. The Morgan fingerprint density at radius 3 is 2.60 bits per heavy atom. The molecule has 0 aliphatic rings. The van der Waals surface area contributed by atoms with E-state index in [2.05, 4.69) is 13.8 Å². The summed E-state index contributed by atoms with van der Waals surface area (Å²) >= 11 is 0. The van der Waals surface area contributed by atoms with Gasteiger partial charge in [-0.1, -0.05) is 19.9 Å². The fourth-order valence-corrected chi connectivity index (χ4v) is 1.59. The molecule has 0 unspecified atom stereocenters. The number of rotatable bonds is 4. The fourth-order valence-electron chi connectivity index (χ4n) is 1.59. The summed E-state index contributed by atoms with van der Waals surface area (Å²) in [5, 5.41) is 0. The minimum atomic E-state index is -0.329. The number of hydrogen-bond donors (Lipinski definition) is 1. The summed E-state index contributed by atoms with van der Waals surface area (Å²) in [6.45, 7) is 4.80. The van der Waals surface area contributed by atoms with Crippen LogP contribution in [0.1, 0.15) is 25.8 Å². The smallest absolute Gasteiger partial charge is 0.165 e. The number of halogens is 1. The molecule has 2 nitrogen and oxygen atoms in total. The molecule has 3 heteroatoms. The summed E-state index contributed by atoms with van der Waals surface area (Å²) in [4.78, 5) is 0. The van der Waals surface area contributed by atoms with Crippen LogP contribution >= 0.6 is 0 Å². The van der Waals surface area contributed by atoms with Crippen LogP contribution in [0.3, 0.4) is 0 Å². The highest BCUT2D eigenvalue weighted by Crippen LogP contribution is 2.30. The zero-order chi connectivity index (χ0) is 11.5. The Bertz CT molecular complexity index is 336. The molecule has 1 aromatic rings. The van der Waals surface area contributed by atoms with Crippen molar-refractivity contribution in [3.05, 3.63) is 29.6 Å². The van der Waals surface area contributed by atoms with Gasteiger partial charge in [0, 0.05) is 0 Å². The third-order valence-electron chi connectivity index (χ3n) is 2.70. The van der Waals surface area contributed by atoms with E-state index in [-0.39, 0.29) is 17.0 Å². The first-order valence-electron chi connectivity index (χ1n) is 5.05. The van der Waals surface area contributed by atoms with Gasteiger partial charge in [-0.25, -0.2) is 4.39 Å². The van der Waals surface area contributed by atoms with Crippen LogP contribution in [0.15, 0.2) is 18.2 Å². The largest absolute Gasteiger partial charge is 0.494 e. The lowest BCUT2D eigenvalue weighted by Gasteiger charge is -2.25. The van der Waals surface area contributed by atoms with Crippen LogP contribution in [-0.4, -0.2) is 13.7 Å². The van der Waals surface area contributed by atoms with E-state index in [1.54, 1.807) is 12.1 Å². The van der Waals surface area contributed by atoms with Crippen LogP contribution in [0.2, 0.25) is 0 Å². The van der Waals surface area contributed by atoms with Gasteiger partial charge in [0.1, 0.15) is 0 Å². The first kappa shape index (κ1) is 12.0. The molecule has 0 amide bonds. The lowest BCUT2D eigenvalue weighted by Crippen LogP contribution is -2.21. The Labute approximate surface area is 90.2 Å². The summed E-state index contributed by atoms with van der Waals surface area (Å²) in [7, 11) is 1.47. The summed E-state index contributed by atoms with van der Waals surface area (Å²) in [5.41, 5.74) is 6.55. The predicted molar refractivity (Wildman–Crippen MR) is 59.6 cm³/mol. The second-order valence-electron chi connectivity index (χ2n) is 4.27. The number of hydrogen-bond acceptors (Lipinski definition) is 2. The van der Waals surface area contributed by atoms with Gasteiger partial charge in [0.15, 0.2) is 11.6 Å². The van der Waals surface area contributed by atoms with Crippen LogP contribution in [-0.2, 0) is 5.41 Å². The summed E-state index contributed by atoms with van der Waals surface area (Å²) in [5.74, 6) is -0.0394. The molecule has 1 rings (SSSR count). The molecule has 1 aromatic carbocycles. The molecule has 15 heavy (non-hydrogen) atoms. The Hall–Kier alpha value is -1.09. The van der Waals surface area contributed by atoms with Crippen molar-refractivity contribution in [1.82, 2.24) is 0 Å². The Morgan fingerprint density at radius 2 is 2.07 bits per heavy atom. The Balaban J connectivity index is 3.04. The van der Waals surface area contributed by atoms with Crippen molar-refractivity contribution in [2.75, 3.05) is 13.7 Å². The van der Waals surface area contributed by atoms with Crippen molar-refractivity contribution in [2.45, 2.75) is 25.7 Å². The van der Waals surface area contributed by atoms with Crippen molar-refractivity contribution in [3.63, 3.8) is 0 Å². The zero-order valence-corrected chi connectivity index (χ0v) is 9.51. The van der Waals surface area contributed by atoms with Gasteiger partial charge in [0.2, 0.25) is 0 Å². The summed E-state index contributed by atoms with van der Waals surface area (Å²) in [6.07, 6.45) is 0.863. The molecule has 0 aliphatic heterocycles. The molecule has 0 heterocycles. The molecule has 84 valence electrons. The summed E-state index contributed by atoms with van der Waals surface area (Å²) < 4.78 is 18.1. The maximum atomic E-state index is 13.2. The van der Waals surface area contributed by atoms with Crippen molar-refractivity contribution in [1.29, 1.82) is 0 Å². The van der Waals surface area contributed by atoms with E-state index < -0.39 is 0 Å². The second kappa shape index (κ2) is 4.62. The minimum absolute atomic E-state index is 0.0459. The molecular formula is C12H18FNO. The van der Waals surface area contributed by atoms with Gasteiger partial charge in [-0.05, 0) is 36.1 Å². The van der Waals surface area contributed by atoms with Gasteiger partial charge < -0.3 is 10.5 Å². The number of ether oxygens (including phenoxy) is 1. The van der Waals surface area contributed by atoms with Crippen LogP contribution in [0.25, 0.3) is 0 Å². The van der Waals surface area contributed by atoms with E-state index in [1.807, 2.05) is 0 Å². The van der Waals surface area contributed by atoms with Crippen molar-refractivity contribution >= 4 is 0 Å². The monoisotopic (exact) mass is 211 g/mol. The standard InChI is InChI=1S/C12H18FNO/c1-12(2,6-7-14)9-4-5-10(13)11(8-9)15-3/h4-5,8H,6-7,14H2,1-3H3. The van der Waals surface area contributed by atoms with Crippen molar-refractivity contribution < 1.29 is 9.13 Å². The van der Waals surface area contributed by atoms with Gasteiger partial charge >= 0.3 is 0 Å². The molecule has 0 bridgehead atoms. The number of nitrogens with two attached hydrogens (primary N) is 1. The lowest BCUT2D eigenvalue weighted by molar-refractivity contribution is 0.383. The van der Waals surface area contributed by atoms with Crippen molar-refractivity contribution in [3.8, 4) is 5.75 Å². The highest BCUT2D eigenvalue weighted by atomic mass is 19.1. The Kier molecular flexibility index (Phi) is 3.69. The molecule has 0 radical (unpaired) electrons. The molecule has 0 fully saturated rings. The van der Waals surface area contributed by atoms with E-state index in [1.165, 1.54) is 13.2 Å². The quantitative estimate of drug-likeness (QED) is 0.830. The van der Waals surface area contributed by atoms with Gasteiger partial charge in [-0.3, -0.25) is 0 Å². The van der Waals surface area contributed by atoms with Gasteiger partial charge in [-0.15, -0.1) is 0 Å². The molecule has 0 spiro atoms. The zero-order valence-electron chi connectivity index (χ0n) is 9.51.